The summed E-state index contributed by atoms with van der Waals surface area (Å²) in [7, 11) is 0. The van der Waals surface area contributed by atoms with Gasteiger partial charge >= 0.3 is 6.09 Å². The first-order chi connectivity index (χ1) is 28.0. The lowest BCUT2D eigenvalue weighted by Crippen LogP contribution is -2.68. The molecular weight excluding hydrogens is 782 g/mol. The van der Waals surface area contributed by atoms with Gasteiger partial charge in [0.2, 0.25) is 5.91 Å². The van der Waals surface area contributed by atoms with Gasteiger partial charge in [-0.05, 0) is 63.2 Å². The van der Waals surface area contributed by atoms with Crippen molar-refractivity contribution in [3.8, 4) is 6.07 Å². The maximum Gasteiger partial charge on any atom is 0.408 e. The highest BCUT2D eigenvalue weighted by molar-refractivity contribution is 5.83. The molecule has 4 unspecified atom stereocenters. The zero-order chi connectivity index (χ0) is 43.1. The topological polar surface area (TPSA) is 339 Å². The average Bonchev–Trinajstić information content (AvgIpc) is 3.88. The van der Waals surface area contributed by atoms with E-state index < -0.39 is 98.4 Å². The Kier molecular flexibility index (Phi) is 16.4. The highest BCUT2D eigenvalue weighted by atomic mass is 16.5. The molecular formula is C37H61N7O15. The lowest BCUT2D eigenvalue weighted by Gasteiger charge is -2.63. The van der Waals surface area contributed by atoms with Crippen molar-refractivity contribution in [2.75, 3.05) is 59.2 Å². The quantitative estimate of drug-likeness (QED) is 0.0438. The largest absolute Gasteiger partial charge is 0.465 e. The Morgan fingerprint density at radius 1 is 0.881 bits per heavy atom. The van der Waals surface area contributed by atoms with Gasteiger partial charge in [0, 0.05) is 32.4 Å². The number of amides is 2. The van der Waals surface area contributed by atoms with Crippen molar-refractivity contribution in [2.24, 2.45) is 11.8 Å². The van der Waals surface area contributed by atoms with Crippen LogP contribution in [0.2, 0.25) is 0 Å². The molecule has 22 heteroatoms. The number of aliphatic hydroxyl groups excluding tert-OH is 10. The van der Waals surface area contributed by atoms with E-state index in [2.05, 4.69) is 16.4 Å². The monoisotopic (exact) mass is 843 g/mol. The molecule has 22 nitrogen and oxygen atoms in total. The van der Waals surface area contributed by atoms with Crippen molar-refractivity contribution in [2.45, 2.75) is 130 Å². The zero-order valence-electron chi connectivity index (χ0n) is 33.0. The predicted molar refractivity (Wildman–Crippen MR) is 200 cm³/mol. The van der Waals surface area contributed by atoms with Crippen LogP contribution < -0.4 is 0 Å². The molecule has 1 saturated heterocycles. The zero-order valence-corrected chi connectivity index (χ0v) is 33.0. The third-order valence-corrected chi connectivity index (χ3v) is 12.4. The summed E-state index contributed by atoms with van der Waals surface area (Å²) in [6.45, 7) is -1.74. The normalized spacial score (nSPS) is 29.1. The maximum atomic E-state index is 13.3. The second kappa shape index (κ2) is 20.6. The molecule has 4 saturated carbocycles. The smallest absolute Gasteiger partial charge is 0.408 e. The van der Waals surface area contributed by atoms with Gasteiger partial charge in [-0.25, -0.2) is 9.48 Å². The van der Waals surface area contributed by atoms with E-state index in [4.69, 9.17) is 19.7 Å². The summed E-state index contributed by atoms with van der Waals surface area (Å²) >= 11 is 0. The molecule has 334 valence electrons. The molecule has 0 aromatic carbocycles. The number of carbonyl (C=O) groups is 2. The van der Waals surface area contributed by atoms with Crippen molar-refractivity contribution in [1.29, 1.82) is 5.26 Å². The predicted octanol–water partition coefficient (Wildman–Crippen LogP) is -4.43. The van der Waals surface area contributed by atoms with Gasteiger partial charge in [-0.3, -0.25) is 14.6 Å². The number of rotatable bonds is 24. The molecule has 13 atom stereocenters. The van der Waals surface area contributed by atoms with Gasteiger partial charge in [0.25, 0.3) is 0 Å². The number of ether oxygens (including phenoxy) is 2. The molecule has 6 rings (SSSR count). The molecule has 1 aromatic heterocycles. The van der Waals surface area contributed by atoms with E-state index in [0.29, 0.717) is 44.3 Å². The Hall–Kier alpha value is -3.15. The van der Waals surface area contributed by atoms with Crippen molar-refractivity contribution >= 4 is 12.0 Å². The number of likely N-dealkylation sites (tertiary alicyclic amines) is 1. The molecule has 4 aliphatic carbocycles. The fourth-order valence-corrected chi connectivity index (χ4v) is 9.88. The fraction of sp³-hybridized carbons (Fsp3) is 0.865. The number of aliphatic hydroxyl groups is 10. The van der Waals surface area contributed by atoms with Crippen LogP contribution in [0.1, 0.15) is 57.1 Å². The van der Waals surface area contributed by atoms with Crippen LogP contribution in [0.4, 0.5) is 4.79 Å². The number of hydrogen-bond donors (Lipinski definition) is 11. The third-order valence-electron chi connectivity index (χ3n) is 12.4. The molecule has 1 aliphatic heterocycles. The Bertz CT molecular complexity index is 1520. The SMILES string of the molecule is N#CC1CCCN1C(=O)CN(C(=O)O)C12CC3C[C@H](CC(OCCOCCn4cc(CN(C[C@H](O)[C@@H](O)[C@H](O)[C@H](O)CO)C[C@H](O)[C@@H](O)[C@H](O)[C@H](O)CO)nn4)(C3)C1)C2. The van der Waals surface area contributed by atoms with Gasteiger partial charge in [0.1, 0.15) is 49.2 Å². The second-order valence-electron chi connectivity index (χ2n) is 16.8. The highest BCUT2D eigenvalue weighted by Gasteiger charge is 2.61. The van der Waals surface area contributed by atoms with Gasteiger partial charge < -0.3 is 70.5 Å². The fourth-order valence-electron chi connectivity index (χ4n) is 9.88. The molecule has 2 amide bonds. The third kappa shape index (κ3) is 11.4. The number of aromatic nitrogens is 3. The average molecular weight is 844 g/mol. The summed E-state index contributed by atoms with van der Waals surface area (Å²) < 4.78 is 13.8. The molecule has 4 bridgehead atoms. The van der Waals surface area contributed by atoms with Gasteiger partial charge in [0.15, 0.2) is 0 Å². The molecule has 5 fully saturated rings. The summed E-state index contributed by atoms with van der Waals surface area (Å²) in [6, 6.07) is 1.62. The minimum absolute atomic E-state index is 0.142. The van der Waals surface area contributed by atoms with E-state index in [0.717, 1.165) is 19.3 Å². The van der Waals surface area contributed by atoms with Crippen LogP contribution in [0.15, 0.2) is 6.20 Å². The van der Waals surface area contributed by atoms with E-state index in [1.54, 1.807) is 6.20 Å². The van der Waals surface area contributed by atoms with Crippen molar-refractivity contribution in [3.63, 3.8) is 0 Å². The minimum atomic E-state index is -1.93. The summed E-state index contributed by atoms with van der Waals surface area (Å²) in [5.74, 6) is 0.191. The van der Waals surface area contributed by atoms with E-state index in [1.807, 2.05) is 0 Å². The molecule has 5 aliphatic rings. The summed E-state index contributed by atoms with van der Waals surface area (Å²) in [4.78, 5) is 30.1. The van der Waals surface area contributed by atoms with Crippen LogP contribution in [-0.4, -0.2) is 223 Å². The molecule has 59 heavy (non-hydrogen) atoms. The van der Waals surface area contributed by atoms with Crippen LogP contribution in [-0.2, 0) is 27.4 Å². The summed E-state index contributed by atoms with van der Waals surface area (Å²) in [5, 5.41) is 128. The summed E-state index contributed by atoms with van der Waals surface area (Å²) in [6.07, 6.45) is -8.59. The summed E-state index contributed by atoms with van der Waals surface area (Å²) in [5.41, 5.74) is -0.959. The number of carboxylic acid groups (broad SMARTS) is 1. The van der Waals surface area contributed by atoms with Gasteiger partial charge in [0.05, 0.1) is 74.7 Å². The van der Waals surface area contributed by atoms with E-state index in [-0.39, 0.29) is 57.2 Å². The Balaban J connectivity index is 1.12. The van der Waals surface area contributed by atoms with Crippen molar-refractivity contribution in [3.05, 3.63) is 11.9 Å². The Morgan fingerprint density at radius 3 is 2.03 bits per heavy atom. The first-order valence-corrected chi connectivity index (χ1v) is 20.2. The maximum absolute atomic E-state index is 13.3. The number of hydrogen-bond acceptors (Lipinski definition) is 18. The second-order valence-corrected chi connectivity index (χ2v) is 16.8. The molecule has 0 spiro atoms. The Morgan fingerprint density at radius 2 is 1.47 bits per heavy atom. The molecule has 0 radical (unpaired) electrons. The molecule has 2 heterocycles. The number of nitrogens with zero attached hydrogens (tertiary/aromatic N) is 7. The van der Waals surface area contributed by atoms with Crippen LogP contribution in [0.3, 0.4) is 0 Å². The molecule has 1 aromatic rings. The van der Waals surface area contributed by atoms with Crippen LogP contribution in [0.25, 0.3) is 0 Å². The van der Waals surface area contributed by atoms with Crippen molar-refractivity contribution in [1.82, 2.24) is 29.7 Å². The minimum Gasteiger partial charge on any atom is -0.465 e. The number of carbonyl (C=O) groups excluding carboxylic acids is 1. The standard InChI is InChI=1S/C37H61N7O15/c38-13-25-2-1-3-43(25)30(51)18-44(35(56)57)36-9-22-8-23(10-36)12-37(11-22,21-36)59-7-6-58-5-4-42-15-24(39-40-42)14-41(16-26(47)31(52)33(54)28(49)19-45)17-27(48)32(53)34(55)29(50)20-46/h15,22-23,25-29,31-34,45-50,52-55H,1-12,14,16-21H2,(H,56,57)/t22-,23?,25?,26-,27-,28+,29+,31+,32+,33+,34+,36?,37?/m0/s1. The van der Waals surface area contributed by atoms with Crippen LogP contribution in [0, 0.1) is 23.2 Å². The van der Waals surface area contributed by atoms with Crippen molar-refractivity contribution < 1.29 is 75.2 Å². The lowest BCUT2D eigenvalue weighted by molar-refractivity contribution is -0.200. The van der Waals surface area contributed by atoms with Crippen LogP contribution in [0.5, 0.6) is 0 Å². The first-order valence-electron chi connectivity index (χ1n) is 20.2. The Labute approximate surface area is 341 Å². The van der Waals surface area contributed by atoms with Gasteiger partial charge in [-0.2, -0.15) is 5.26 Å². The molecule has 11 N–H and O–H groups in total. The van der Waals surface area contributed by atoms with E-state index >= 15 is 0 Å². The van der Waals surface area contributed by atoms with E-state index in [9.17, 15) is 60.8 Å². The van der Waals surface area contributed by atoms with E-state index in [1.165, 1.54) is 19.4 Å². The van der Waals surface area contributed by atoms with Gasteiger partial charge in [-0.15, -0.1) is 5.10 Å². The lowest BCUT2D eigenvalue weighted by atomic mass is 9.50. The first kappa shape index (κ1) is 46.9. The highest BCUT2D eigenvalue weighted by Crippen LogP contribution is 2.60. The van der Waals surface area contributed by atoms with Gasteiger partial charge in [-0.1, -0.05) is 5.21 Å². The number of nitriles is 1. The van der Waals surface area contributed by atoms with Crippen LogP contribution >= 0.6 is 0 Å².